The van der Waals surface area contributed by atoms with Crippen LogP contribution in [-0.2, 0) is 6.54 Å². The molecule has 0 fully saturated rings. The van der Waals surface area contributed by atoms with Gasteiger partial charge in [0.2, 0.25) is 5.95 Å². The Kier molecular flexibility index (Phi) is 5.75. The van der Waals surface area contributed by atoms with Crippen LogP contribution in [0, 0.1) is 13.8 Å². The first-order valence-corrected chi connectivity index (χ1v) is 8.76. The van der Waals surface area contributed by atoms with E-state index in [2.05, 4.69) is 10.3 Å². The zero-order chi connectivity index (χ0) is 18.5. The summed E-state index contributed by atoms with van der Waals surface area (Å²) in [4.78, 5) is 4.54. The van der Waals surface area contributed by atoms with Gasteiger partial charge in [-0.2, -0.15) is 0 Å². The van der Waals surface area contributed by atoms with Crippen molar-refractivity contribution in [3.05, 3.63) is 53.6 Å². The minimum Gasteiger partial charge on any atom is -0.491 e. The maximum atomic E-state index is 10.5. The van der Waals surface area contributed by atoms with Crippen molar-refractivity contribution >= 4 is 17.0 Å². The molecule has 1 unspecified atom stereocenters. The van der Waals surface area contributed by atoms with Crippen LogP contribution >= 0.6 is 0 Å². The van der Waals surface area contributed by atoms with Gasteiger partial charge in [-0.05, 0) is 43.2 Å². The van der Waals surface area contributed by atoms with Gasteiger partial charge in [0, 0.05) is 6.54 Å². The second-order valence-electron chi connectivity index (χ2n) is 6.42. The minimum atomic E-state index is -0.692. The Labute approximate surface area is 153 Å². The van der Waals surface area contributed by atoms with E-state index in [1.807, 2.05) is 60.9 Å². The van der Waals surface area contributed by atoms with Gasteiger partial charge in [-0.25, -0.2) is 4.98 Å². The van der Waals surface area contributed by atoms with Crippen molar-refractivity contribution < 1.29 is 14.9 Å². The average molecular weight is 355 g/mol. The van der Waals surface area contributed by atoms with Crippen molar-refractivity contribution in [2.45, 2.75) is 26.5 Å². The van der Waals surface area contributed by atoms with Gasteiger partial charge in [-0.1, -0.05) is 24.3 Å². The van der Waals surface area contributed by atoms with E-state index in [0.29, 0.717) is 19.0 Å². The summed E-state index contributed by atoms with van der Waals surface area (Å²) in [5.74, 6) is 1.42. The molecular weight excluding hydrogens is 330 g/mol. The topological polar surface area (TPSA) is 79.5 Å². The molecule has 26 heavy (non-hydrogen) atoms. The molecular formula is C20H25N3O3. The molecule has 138 valence electrons. The number of aryl methyl sites for hydroxylation is 2. The number of imidazole rings is 1. The van der Waals surface area contributed by atoms with E-state index in [1.165, 1.54) is 0 Å². The van der Waals surface area contributed by atoms with Gasteiger partial charge in [0.1, 0.15) is 18.5 Å². The number of aliphatic hydroxyl groups is 2. The highest BCUT2D eigenvalue weighted by Crippen LogP contribution is 2.22. The fourth-order valence-electron chi connectivity index (χ4n) is 2.88. The largest absolute Gasteiger partial charge is 0.491 e. The number of benzene rings is 2. The number of fused-ring (bicyclic) bond motifs is 1. The highest BCUT2D eigenvalue weighted by molar-refractivity contribution is 5.78. The second kappa shape index (κ2) is 8.21. The van der Waals surface area contributed by atoms with E-state index in [0.717, 1.165) is 27.9 Å². The number of hydrogen-bond acceptors (Lipinski definition) is 5. The van der Waals surface area contributed by atoms with Crippen molar-refractivity contribution in [2.75, 3.05) is 25.1 Å². The van der Waals surface area contributed by atoms with Gasteiger partial charge in [-0.3, -0.25) is 0 Å². The Morgan fingerprint density at radius 3 is 2.81 bits per heavy atom. The van der Waals surface area contributed by atoms with Crippen LogP contribution in [-0.4, -0.2) is 45.6 Å². The van der Waals surface area contributed by atoms with Crippen LogP contribution in [0.25, 0.3) is 11.0 Å². The number of hydrogen-bond donors (Lipinski definition) is 3. The maximum absolute atomic E-state index is 10.5. The van der Waals surface area contributed by atoms with Gasteiger partial charge in [0.05, 0.1) is 24.2 Å². The number of aliphatic hydroxyl groups excluding tert-OH is 2. The van der Waals surface area contributed by atoms with Crippen molar-refractivity contribution in [3.63, 3.8) is 0 Å². The van der Waals surface area contributed by atoms with E-state index in [1.54, 1.807) is 0 Å². The number of para-hydroxylation sites is 2. The molecule has 3 N–H and O–H groups in total. The highest BCUT2D eigenvalue weighted by Gasteiger charge is 2.15. The Hall–Kier alpha value is -2.57. The fourth-order valence-corrected chi connectivity index (χ4v) is 2.88. The molecule has 0 amide bonds. The summed E-state index contributed by atoms with van der Waals surface area (Å²) in [5, 5.41) is 22.7. The van der Waals surface area contributed by atoms with E-state index < -0.39 is 6.10 Å². The van der Waals surface area contributed by atoms with E-state index in [4.69, 9.17) is 9.84 Å². The molecule has 1 atom stereocenters. The van der Waals surface area contributed by atoms with Crippen molar-refractivity contribution in [3.8, 4) is 5.75 Å². The van der Waals surface area contributed by atoms with E-state index >= 15 is 0 Å². The Balaban J connectivity index is 1.73. The van der Waals surface area contributed by atoms with Crippen molar-refractivity contribution in [2.24, 2.45) is 0 Å². The lowest BCUT2D eigenvalue weighted by Crippen LogP contribution is -2.25. The number of ether oxygens (including phenoxy) is 1. The Bertz CT molecular complexity index is 876. The molecule has 0 radical (unpaired) electrons. The second-order valence-corrected chi connectivity index (χ2v) is 6.42. The summed E-state index contributed by atoms with van der Waals surface area (Å²) in [6.07, 6.45) is -0.692. The van der Waals surface area contributed by atoms with Crippen LogP contribution in [0.2, 0.25) is 0 Å². The molecule has 0 aliphatic heterocycles. The summed E-state index contributed by atoms with van der Waals surface area (Å²) in [6, 6.07) is 13.8. The number of aromatic nitrogens is 2. The monoisotopic (exact) mass is 355 g/mol. The lowest BCUT2D eigenvalue weighted by molar-refractivity contribution is 0.0935. The summed E-state index contributed by atoms with van der Waals surface area (Å²) in [7, 11) is 0. The standard InChI is InChI=1S/C20H25N3O3/c1-14-7-8-15(2)19(11-14)26-13-16(25)12-23-18-6-4-3-5-17(18)22-20(23)21-9-10-24/h3-8,11,16,24-25H,9-10,12-13H2,1-2H3,(H,21,22). The van der Waals surface area contributed by atoms with Crippen molar-refractivity contribution in [1.82, 2.24) is 9.55 Å². The first-order valence-electron chi connectivity index (χ1n) is 8.76. The fraction of sp³-hybridized carbons (Fsp3) is 0.350. The average Bonchev–Trinajstić information content (AvgIpc) is 2.98. The quantitative estimate of drug-likeness (QED) is 0.579. The number of nitrogens with one attached hydrogen (secondary N) is 1. The summed E-state index contributed by atoms with van der Waals surface area (Å²) in [6.45, 7) is 4.95. The molecule has 2 aromatic carbocycles. The van der Waals surface area contributed by atoms with Crippen LogP contribution in [0.3, 0.4) is 0 Å². The van der Waals surface area contributed by atoms with Gasteiger partial charge < -0.3 is 24.8 Å². The third-order valence-electron chi connectivity index (χ3n) is 4.22. The molecule has 3 aromatic rings. The highest BCUT2D eigenvalue weighted by atomic mass is 16.5. The summed E-state index contributed by atoms with van der Waals surface area (Å²) >= 11 is 0. The van der Waals surface area contributed by atoms with Gasteiger partial charge in [-0.15, -0.1) is 0 Å². The zero-order valence-electron chi connectivity index (χ0n) is 15.1. The molecule has 3 rings (SSSR count). The zero-order valence-corrected chi connectivity index (χ0v) is 15.1. The maximum Gasteiger partial charge on any atom is 0.204 e. The molecule has 1 heterocycles. The van der Waals surface area contributed by atoms with Crippen LogP contribution in [0.1, 0.15) is 11.1 Å². The third kappa shape index (κ3) is 4.15. The molecule has 0 aliphatic rings. The first-order chi connectivity index (χ1) is 12.6. The lowest BCUT2D eigenvalue weighted by Gasteiger charge is -2.17. The Morgan fingerprint density at radius 2 is 2.00 bits per heavy atom. The number of anilines is 1. The van der Waals surface area contributed by atoms with Crippen LogP contribution < -0.4 is 10.1 Å². The molecule has 6 heteroatoms. The van der Waals surface area contributed by atoms with Crippen LogP contribution in [0.15, 0.2) is 42.5 Å². The molecule has 0 saturated carbocycles. The normalized spacial score (nSPS) is 12.3. The molecule has 6 nitrogen and oxygen atoms in total. The van der Waals surface area contributed by atoms with Crippen LogP contribution in [0.4, 0.5) is 5.95 Å². The molecule has 0 aliphatic carbocycles. The molecule has 0 bridgehead atoms. The minimum absolute atomic E-state index is 0.0154. The van der Waals surface area contributed by atoms with Crippen molar-refractivity contribution in [1.29, 1.82) is 0 Å². The molecule has 0 spiro atoms. The first kappa shape index (κ1) is 18.2. The van der Waals surface area contributed by atoms with E-state index in [9.17, 15) is 5.11 Å². The van der Waals surface area contributed by atoms with Gasteiger partial charge in [0.25, 0.3) is 0 Å². The van der Waals surface area contributed by atoms with Gasteiger partial charge >= 0.3 is 0 Å². The summed E-state index contributed by atoms with van der Waals surface area (Å²) < 4.78 is 7.74. The molecule has 0 saturated heterocycles. The Morgan fingerprint density at radius 1 is 1.19 bits per heavy atom. The number of nitrogens with zero attached hydrogens (tertiary/aromatic N) is 2. The predicted molar refractivity (Wildman–Crippen MR) is 103 cm³/mol. The van der Waals surface area contributed by atoms with Crippen LogP contribution in [0.5, 0.6) is 5.75 Å². The van der Waals surface area contributed by atoms with E-state index in [-0.39, 0.29) is 13.2 Å². The third-order valence-corrected chi connectivity index (χ3v) is 4.22. The predicted octanol–water partition coefficient (Wildman–Crippen LogP) is 2.50. The smallest absolute Gasteiger partial charge is 0.204 e. The number of rotatable bonds is 8. The molecule has 1 aromatic heterocycles. The SMILES string of the molecule is Cc1ccc(C)c(OCC(O)Cn2c(NCCO)nc3ccccc32)c1. The lowest BCUT2D eigenvalue weighted by atomic mass is 10.1. The summed E-state index contributed by atoms with van der Waals surface area (Å²) in [5.41, 5.74) is 3.94. The van der Waals surface area contributed by atoms with Gasteiger partial charge in [0.15, 0.2) is 0 Å².